The number of hydrogen-bond donors (Lipinski definition) is 0. The predicted octanol–water partition coefficient (Wildman–Crippen LogP) is 2.31. The van der Waals surface area contributed by atoms with Crippen LogP contribution < -0.4 is 4.90 Å². The molecule has 0 saturated carbocycles. The highest BCUT2D eigenvalue weighted by molar-refractivity contribution is 7.89. The average Bonchev–Trinajstić information content (AvgIpc) is 3.17. The van der Waals surface area contributed by atoms with E-state index in [9.17, 15) is 13.2 Å². The van der Waals surface area contributed by atoms with Gasteiger partial charge < -0.3 is 9.64 Å². The molecule has 2 aromatic carbocycles. The molecule has 6 nitrogen and oxygen atoms in total. The minimum atomic E-state index is -3.53. The number of amides is 1. The van der Waals surface area contributed by atoms with Crippen LogP contribution in [0.3, 0.4) is 0 Å². The second-order valence-corrected chi connectivity index (χ2v) is 8.73. The smallest absolute Gasteiger partial charge is 0.251 e. The highest BCUT2D eigenvalue weighted by atomic mass is 32.2. The van der Waals surface area contributed by atoms with Crippen LogP contribution in [0.4, 0.5) is 5.69 Å². The van der Waals surface area contributed by atoms with Crippen LogP contribution in [0.1, 0.15) is 11.1 Å². The van der Waals surface area contributed by atoms with Gasteiger partial charge in [-0.25, -0.2) is 8.42 Å². The van der Waals surface area contributed by atoms with Crippen LogP contribution in [-0.2, 0) is 26.0 Å². The lowest BCUT2D eigenvalue weighted by Gasteiger charge is -2.26. The second kappa shape index (κ2) is 7.87. The van der Waals surface area contributed by atoms with Crippen LogP contribution in [0.25, 0.3) is 6.08 Å². The molecular formula is C21H22N2O4S. The number of morpholine rings is 1. The number of anilines is 1. The second-order valence-electron chi connectivity index (χ2n) is 6.79. The third-order valence-corrected chi connectivity index (χ3v) is 6.93. The van der Waals surface area contributed by atoms with Gasteiger partial charge in [0.2, 0.25) is 10.0 Å². The maximum Gasteiger partial charge on any atom is 0.251 e. The predicted molar refractivity (Wildman–Crippen MR) is 108 cm³/mol. The Morgan fingerprint density at radius 1 is 1.00 bits per heavy atom. The van der Waals surface area contributed by atoms with Gasteiger partial charge in [0.25, 0.3) is 5.91 Å². The molecule has 2 aliphatic rings. The van der Waals surface area contributed by atoms with Crippen molar-refractivity contribution in [2.24, 2.45) is 0 Å². The lowest BCUT2D eigenvalue weighted by Crippen LogP contribution is -2.40. The summed E-state index contributed by atoms with van der Waals surface area (Å²) in [5.41, 5.74) is 2.63. The van der Waals surface area contributed by atoms with Crippen LogP contribution >= 0.6 is 0 Å². The van der Waals surface area contributed by atoms with Crippen molar-refractivity contribution >= 4 is 27.7 Å². The monoisotopic (exact) mass is 398 g/mol. The van der Waals surface area contributed by atoms with Gasteiger partial charge in [-0.1, -0.05) is 30.3 Å². The summed E-state index contributed by atoms with van der Waals surface area (Å²) in [5, 5.41) is 0. The van der Waals surface area contributed by atoms with Crippen LogP contribution in [-0.4, -0.2) is 51.5 Å². The summed E-state index contributed by atoms with van der Waals surface area (Å²) in [5.74, 6) is -0.105. The normalized spacial score (nSPS) is 17.8. The third kappa shape index (κ3) is 3.73. The Hall–Kier alpha value is -2.48. The topological polar surface area (TPSA) is 66.9 Å². The molecule has 0 aromatic heterocycles. The first kappa shape index (κ1) is 18.9. The van der Waals surface area contributed by atoms with E-state index in [2.05, 4.69) is 0 Å². The van der Waals surface area contributed by atoms with Crippen molar-refractivity contribution in [1.82, 2.24) is 4.31 Å². The zero-order valence-electron chi connectivity index (χ0n) is 15.5. The largest absolute Gasteiger partial charge is 0.379 e. The van der Waals surface area contributed by atoms with Crippen LogP contribution in [0, 0.1) is 0 Å². The third-order valence-electron chi connectivity index (χ3n) is 5.04. The fourth-order valence-corrected chi connectivity index (χ4v) is 4.98. The fourth-order valence-electron chi connectivity index (χ4n) is 3.53. The fraction of sp³-hybridized carbons (Fsp3) is 0.286. The number of hydrogen-bond acceptors (Lipinski definition) is 4. The molecule has 28 heavy (non-hydrogen) atoms. The van der Waals surface area contributed by atoms with Gasteiger partial charge in [0.15, 0.2) is 0 Å². The molecule has 0 atom stereocenters. The van der Waals surface area contributed by atoms with Gasteiger partial charge in [0.1, 0.15) is 0 Å². The molecule has 0 bridgehead atoms. The summed E-state index contributed by atoms with van der Waals surface area (Å²) in [7, 11) is -3.53. The van der Waals surface area contributed by atoms with Gasteiger partial charge in [-0.3, -0.25) is 4.79 Å². The van der Waals surface area contributed by atoms with Crippen molar-refractivity contribution in [3.63, 3.8) is 0 Å². The molecule has 2 heterocycles. The highest BCUT2D eigenvalue weighted by Gasteiger charge is 2.29. The van der Waals surface area contributed by atoms with Gasteiger partial charge >= 0.3 is 0 Å². The Morgan fingerprint density at radius 3 is 2.50 bits per heavy atom. The van der Waals surface area contributed by atoms with Crippen molar-refractivity contribution in [3.05, 3.63) is 65.7 Å². The Kier molecular flexibility index (Phi) is 5.30. The van der Waals surface area contributed by atoms with Crippen molar-refractivity contribution in [3.8, 4) is 0 Å². The molecule has 0 radical (unpaired) electrons. The first-order valence-corrected chi connectivity index (χ1v) is 10.8. The van der Waals surface area contributed by atoms with Crippen molar-refractivity contribution in [1.29, 1.82) is 0 Å². The molecule has 1 fully saturated rings. The molecule has 0 N–H and O–H groups in total. The van der Waals surface area contributed by atoms with E-state index in [1.807, 2.05) is 30.3 Å². The molecule has 2 aromatic rings. The zero-order chi connectivity index (χ0) is 19.6. The maximum absolute atomic E-state index is 12.8. The minimum absolute atomic E-state index is 0.105. The van der Waals surface area contributed by atoms with E-state index in [-0.39, 0.29) is 10.8 Å². The SMILES string of the molecule is O=C(/C=C/c1ccccc1)N1CCc2cc(S(=O)(=O)N3CCOCC3)ccc21. The molecule has 0 aliphatic carbocycles. The molecule has 4 rings (SSSR count). The number of benzene rings is 2. The number of rotatable bonds is 4. The lowest BCUT2D eigenvalue weighted by atomic mass is 10.2. The lowest BCUT2D eigenvalue weighted by molar-refractivity contribution is -0.114. The van der Waals surface area contributed by atoms with E-state index in [1.54, 1.807) is 35.3 Å². The summed E-state index contributed by atoms with van der Waals surface area (Å²) in [6.45, 7) is 2.12. The number of sulfonamides is 1. The number of nitrogens with zero attached hydrogens (tertiary/aromatic N) is 2. The van der Waals surface area contributed by atoms with E-state index in [1.165, 1.54) is 4.31 Å². The molecule has 0 spiro atoms. The summed E-state index contributed by atoms with van der Waals surface area (Å²) in [4.78, 5) is 14.6. The molecule has 7 heteroatoms. The standard InChI is InChI=1S/C21H22N2O4S/c24-21(9-6-17-4-2-1-3-5-17)23-11-10-18-16-19(7-8-20(18)23)28(25,26)22-12-14-27-15-13-22/h1-9,16H,10-15H2/b9-6+. The molecule has 146 valence electrons. The highest BCUT2D eigenvalue weighted by Crippen LogP contribution is 2.31. The average molecular weight is 398 g/mol. The van der Waals surface area contributed by atoms with E-state index in [4.69, 9.17) is 4.74 Å². The quantitative estimate of drug-likeness (QED) is 0.742. The number of ether oxygens (including phenoxy) is 1. The van der Waals surface area contributed by atoms with E-state index < -0.39 is 10.0 Å². The van der Waals surface area contributed by atoms with E-state index in [0.717, 1.165) is 16.8 Å². The summed E-state index contributed by atoms with van der Waals surface area (Å²) in [6.07, 6.45) is 3.99. The molecule has 0 unspecified atom stereocenters. The van der Waals surface area contributed by atoms with Crippen molar-refractivity contribution < 1.29 is 17.9 Å². The van der Waals surface area contributed by atoms with Gasteiger partial charge in [0.05, 0.1) is 18.1 Å². The summed E-state index contributed by atoms with van der Waals surface area (Å²) >= 11 is 0. The molecular weight excluding hydrogens is 376 g/mol. The number of carbonyl (C=O) groups is 1. The first-order valence-electron chi connectivity index (χ1n) is 9.31. The summed E-state index contributed by atoms with van der Waals surface area (Å²) in [6, 6.07) is 14.7. The van der Waals surface area contributed by atoms with Gasteiger partial charge in [-0.15, -0.1) is 0 Å². The van der Waals surface area contributed by atoms with Crippen LogP contribution in [0.5, 0.6) is 0 Å². The minimum Gasteiger partial charge on any atom is -0.379 e. The Morgan fingerprint density at radius 2 is 1.75 bits per heavy atom. The van der Waals surface area contributed by atoms with Crippen molar-refractivity contribution in [2.45, 2.75) is 11.3 Å². The van der Waals surface area contributed by atoms with Gasteiger partial charge in [0, 0.05) is 31.4 Å². The zero-order valence-corrected chi connectivity index (χ0v) is 16.3. The Labute approximate surface area is 165 Å². The van der Waals surface area contributed by atoms with E-state index >= 15 is 0 Å². The number of carbonyl (C=O) groups excluding carboxylic acids is 1. The van der Waals surface area contributed by atoms with Crippen LogP contribution in [0.2, 0.25) is 0 Å². The number of fused-ring (bicyclic) bond motifs is 1. The molecule has 2 aliphatic heterocycles. The Balaban J connectivity index is 1.53. The van der Waals surface area contributed by atoms with Gasteiger partial charge in [-0.2, -0.15) is 4.31 Å². The van der Waals surface area contributed by atoms with Crippen molar-refractivity contribution in [2.75, 3.05) is 37.7 Å². The molecule has 1 saturated heterocycles. The Bertz CT molecular complexity index is 996. The van der Waals surface area contributed by atoms with E-state index in [0.29, 0.717) is 39.3 Å². The molecule has 1 amide bonds. The first-order chi connectivity index (χ1) is 13.6. The van der Waals surface area contributed by atoms with Gasteiger partial charge in [-0.05, 0) is 41.8 Å². The van der Waals surface area contributed by atoms with Crippen LogP contribution in [0.15, 0.2) is 59.5 Å². The maximum atomic E-state index is 12.8. The summed E-state index contributed by atoms with van der Waals surface area (Å²) < 4.78 is 32.4.